The molecule has 1 rings (SSSR count). The monoisotopic (exact) mass is 325 g/mol. The molecule has 2 N–H and O–H groups in total. The van der Waals surface area contributed by atoms with E-state index in [0.29, 0.717) is 25.3 Å². The second-order valence-electron chi connectivity index (χ2n) is 7.40. The summed E-state index contributed by atoms with van der Waals surface area (Å²) in [6.45, 7) is 10.9. The van der Waals surface area contributed by atoms with E-state index in [9.17, 15) is 9.59 Å². The minimum absolute atomic E-state index is 0.0222. The lowest BCUT2D eigenvalue weighted by Crippen LogP contribution is -2.44. The number of rotatable bonds is 8. The second-order valence-corrected chi connectivity index (χ2v) is 7.40. The van der Waals surface area contributed by atoms with E-state index in [4.69, 9.17) is 5.11 Å². The van der Waals surface area contributed by atoms with E-state index in [1.165, 1.54) is 0 Å². The topological polar surface area (TPSA) is 82.0 Å². The number of nitrogens with zero attached hydrogens (tertiary/aromatic N) is 2. The van der Waals surface area contributed by atoms with Crippen molar-refractivity contribution in [1.29, 1.82) is 0 Å². The molecule has 0 aliphatic carbocycles. The Hall–Kier alpha value is -1.59. The van der Waals surface area contributed by atoms with Crippen molar-refractivity contribution < 1.29 is 14.7 Å². The van der Waals surface area contributed by atoms with Crippen LogP contribution in [0.5, 0.6) is 0 Å². The SMILES string of the molecule is CCC(CC)CCN1N=C(CC(NC(=O)O)C(C)(C)C)CC1=O. The Morgan fingerprint density at radius 1 is 1.35 bits per heavy atom. The summed E-state index contributed by atoms with van der Waals surface area (Å²) in [6.07, 6.45) is 2.93. The normalized spacial score (nSPS) is 16.7. The lowest BCUT2D eigenvalue weighted by atomic mass is 9.83. The molecule has 0 fully saturated rings. The maximum Gasteiger partial charge on any atom is 0.404 e. The average Bonchev–Trinajstić information content (AvgIpc) is 2.78. The first kappa shape index (κ1) is 19.5. The average molecular weight is 325 g/mol. The summed E-state index contributed by atoms with van der Waals surface area (Å²) in [6, 6.07) is -0.259. The van der Waals surface area contributed by atoms with Crippen LogP contribution in [0.1, 0.15) is 66.7 Å². The van der Waals surface area contributed by atoms with Crippen molar-refractivity contribution in [2.24, 2.45) is 16.4 Å². The van der Waals surface area contributed by atoms with E-state index in [0.717, 1.165) is 25.0 Å². The zero-order valence-corrected chi connectivity index (χ0v) is 15.1. The van der Waals surface area contributed by atoms with Gasteiger partial charge in [0.1, 0.15) is 0 Å². The smallest absolute Gasteiger partial charge is 0.404 e. The van der Waals surface area contributed by atoms with Crippen LogP contribution in [0.2, 0.25) is 0 Å². The van der Waals surface area contributed by atoms with Crippen LogP contribution in [0.25, 0.3) is 0 Å². The Morgan fingerprint density at radius 3 is 2.43 bits per heavy atom. The number of hydrazone groups is 1. The van der Waals surface area contributed by atoms with Crippen molar-refractivity contribution in [3.05, 3.63) is 0 Å². The number of carbonyl (C=O) groups is 2. The lowest BCUT2D eigenvalue weighted by Gasteiger charge is -2.30. The van der Waals surface area contributed by atoms with Crippen molar-refractivity contribution >= 4 is 17.7 Å². The minimum Gasteiger partial charge on any atom is -0.465 e. The molecule has 0 saturated carbocycles. The van der Waals surface area contributed by atoms with E-state index in [-0.39, 0.29) is 17.4 Å². The third-order valence-electron chi connectivity index (χ3n) is 4.59. The molecule has 1 unspecified atom stereocenters. The van der Waals surface area contributed by atoms with Gasteiger partial charge in [0, 0.05) is 19.0 Å². The summed E-state index contributed by atoms with van der Waals surface area (Å²) in [5, 5.41) is 17.5. The van der Waals surface area contributed by atoms with Crippen LogP contribution in [0, 0.1) is 11.3 Å². The molecule has 0 spiro atoms. The van der Waals surface area contributed by atoms with Gasteiger partial charge in [0.05, 0.1) is 12.1 Å². The van der Waals surface area contributed by atoms with Crippen molar-refractivity contribution in [2.45, 2.75) is 72.8 Å². The number of hydrogen-bond donors (Lipinski definition) is 2. The number of amides is 2. The molecule has 0 aromatic carbocycles. The maximum absolute atomic E-state index is 12.1. The lowest BCUT2D eigenvalue weighted by molar-refractivity contribution is -0.128. The van der Waals surface area contributed by atoms with Gasteiger partial charge in [0.15, 0.2) is 0 Å². The highest BCUT2D eigenvalue weighted by atomic mass is 16.4. The molecule has 1 aliphatic rings. The summed E-state index contributed by atoms with van der Waals surface area (Å²) >= 11 is 0. The Balaban J connectivity index is 2.67. The van der Waals surface area contributed by atoms with Crippen molar-refractivity contribution in [3.63, 3.8) is 0 Å². The first-order valence-corrected chi connectivity index (χ1v) is 8.53. The fourth-order valence-electron chi connectivity index (χ4n) is 2.78. The Kier molecular flexibility index (Phi) is 7.03. The highest BCUT2D eigenvalue weighted by Crippen LogP contribution is 2.25. The summed E-state index contributed by atoms with van der Waals surface area (Å²) in [7, 11) is 0. The van der Waals surface area contributed by atoms with Crippen LogP contribution in [0.3, 0.4) is 0 Å². The molecule has 6 heteroatoms. The predicted octanol–water partition coefficient (Wildman–Crippen LogP) is 3.47. The fraction of sp³-hybridized carbons (Fsp3) is 0.824. The van der Waals surface area contributed by atoms with Gasteiger partial charge in [0.25, 0.3) is 0 Å². The van der Waals surface area contributed by atoms with Gasteiger partial charge >= 0.3 is 6.09 Å². The first-order chi connectivity index (χ1) is 10.7. The summed E-state index contributed by atoms with van der Waals surface area (Å²) in [4.78, 5) is 23.1. The van der Waals surface area contributed by atoms with E-state index < -0.39 is 6.09 Å². The molecule has 2 amide bonds. The van der Waals surface area contributed by atoms with Crippen LogP contribution in [-0.2, 0) is 4.79 Å². The molecule has 0 saturated heterocycles. The molecule has 1 heterocycles. The van der Waals surface area contributed by atoms with E-state index in [2.05, 4.69) is 24.3 Å². The molecular weight excluding hydrogens is 294 g/mol. The molecule has 6 nitrogen and oxygen atoms in total. The van der Waals surface area contributed by atoms with Gasteiger partial charge < -0.3 is 10.4 Å². The zero-order chi connectivity index (χ0) is 17.6. The number of carbonyl (C=O) groups excluding carboxylic acids is 1. The van der Waals surface area contributed by atoms with Gasteiger partial charge in [0.2, 0.25) is 5.91 Å². The maximum atomic E-state index is 12.1. The van der Waals surface area contributed by atoms with Gasteiger partial charge in [-0.05, 0) is 17.8 Å². The highest BCUT2D eigenvalue weighted by Gasteiger charge is 2.31. The quantitative estimate of drug-likeness (QED) is 0.717. The van der Waals surface area contributed by atoms with Gasteiger partial charge in [-0.3, -0.25) is 4.79 Å². The van der Waals surface area contributed by atoms with Crippen LogP contribution >= 0.6 is 0 Å². The third kappa shape index (κ3) is 6.20. The Labute approximate surface area is 139 Å². The molecule has 1 atom stereocenters. The first-order valence-electron chi connectivity index (χ1n) is 8.53. The largest absolute Gasteiger partial charge is 0.465 e. The molecule has 0 aromatic rings. The van der Waals surface area contributed by atoms with Crippen LogP contribution < -0.4 is 5.32 Å². The van der Waals surface area contributed by atoms with Crippen molar-refractivity contribution in [2.75, 3.05) is 6.54 Å². The van der Waals surface area contributed by atoms with Crippen LogP contribution in [0.4, 0.5) is 4.79 Å². The number of nitrogens with one attached hydrogen (secondary N) is 1. The van der Waals surface area contributed by atoms with Gasteiger partial charge in [-0.15, -0.1) is 0 Å². The van der Waals surface area contributed by atoms with Crippen molar-refractivity contribution in [3.8, 4) is 0 Å². The number of carboxylic acid groups (broad SMARTS) is 1. The highest BCUT2D eigenvalue weighted by molar-refractivity contribution is 6.05. The van der Waals surface area contributed by atoms with E-state index >= 15 is 0 Å². The van der Waals surface area contributed by atoms with Gasteiger partial charge in [-0.25, -0.2) is 9.80 Å². The molecule has 23 heavy (non-hydrogen) atoms. The summed E-state index contributed by atoms with van der Waals surface area (Å²) < 4.78 is 0. The molecule has 0 bridgehead atoms. The minimum atomic E-state index is -1.04. The van der Waals surface area contributed by atoms with E-state index in [1.807, 2.05) is 20.8 Å². The number of hydrogen-bond acceptors (Lipinski definition) is 3. The molecule has 1 aliphatic heterocycles. The molecular formula is C17H31N3O3. The second kappa shape index (κ2) is 8.31. The summed E-state index contributed by atoms with van der Waals surface area (Å²) in [5.74, 6) is 0.645. The molecule has 0 aromatic heterocycles. The fourth-order valence-corrected chi connectivity index (χ4v) is 2.78. The predicted molar refractivity (Wildman–Crippen MR) is 91.5 cm³/mol. The zero-order valence-electron chi connectivity index (χ0n) is 15.1. The van der Waals surface area contributed by atoms with E-state index in [1.54, 1.807) is 5.01 Å². The van der Waals surface area contributed by atoms with Gasteiger partial charge in [-0.1, -0.05) is 47.5 Å². The van der Waals surface area contributed by atoms with Crippen LogP contribution in [0.15, 0.2) is 5.10 Å². The molecule has 132 valence electrons. The van der Waals surface area contributed by atoms with Gasteiger partial charge in [-0.2, -0.15) is 5.10 Å². The standard InChI is InChI=1S/C17H31N3O3/c1-6-12(7-2)8-9-20-15(21)11-13(19-20)10-14(17(3,4)5)18-16(22)23/h12,14,18H,6-11H2,1-5H3,(H,22,23). The Morgan fingerprint density at radius 2 is 1.96 bits per heavy atom. The third-order valence-corrected chi connectivity index (χ3v) is 4.59. The van der Waals surface area contributed by atoms with Crippen molar-refractivity contribution in [1.82, 2.24) is 10.3 Å². The molecule has 0 radical (unpaired) electrons. The Bertz CT molecular complexity index is 450. The van der Waals surface area contributed by atoms with Crippen LogP contribution in [-0.4, -0.2) is 40.4 Å². The summed E-state index contributed by atoms with van der Waals surface area (Å²) in [5.41, 5.74) is 0.542.